The Morgan fingerprint density at radius 2 is 1.96 bits per heavy atom. The van der Waals surface area contributed by atoms with Gasteiger partial charge in [-0.3, -0.25) is 9.67 Å². The van der Waals surface area contributed by atoms with Crippen LogP contribution in [0.5, 0.6) is 0 Å². The Kier molecular flexibility index (Phi) is 9.36. The number of guanidine groups is 1. The number of aliphatic imine (C=N–C) groups is 1. The molecule has 0 saturated heterocycles. The molecule has 6 heteroatoms. The fourth-order valence-electron chi connectivity index (χ4n) is 2.26. The van der Waals surface area contributed by atoms with Crippen LogP contribution in [0, 0.1) is 19.8 Å². The summed E-state index contributed by atoms with van der Waals surface area (Å²) in [6.45, 7) is 12.7. The van der Waals surface area contributed by atoms with Crippen LogP contribution in [0.2, 0.25) is 0 Å². The Balaban J connectivity index is 2.09. The molecule has 0 aromatic carbocycles. The van der Waals surface area contributed by atoms with Gasteiger partial charge in [0.05, 0.1) is 5.69 Å². The summed E-state index contributed by atoms with van der Waals surface area (Å²) in [5.41, 5.74) is 2.29. The van der Waals surface area contributed by atoms with Crippen molar-refractivity contribution in [2.45, 2.75) is 47.1 Å². The predicted octanol–water partition coefficient (Wildman–Crippen LogP) is 2.12. The molecule has 2 N–H and O–H groups in total. The molecule has 0 aliphatic carbocycles. The van der Waals surface area contributed by atoms with Gasteiger partial charge in [0.15, 0.2) is 5.96 Å². The standard InChI is InChI=1S/C17H33N5O/c1-14(2)13-23-11-7-9-20-17(18-5)19-8-6-10-22-16(4)12-15(3)21-22/h12,14H,6-11,13H2,1-5H3,(H2,18,19,20). The summed E-state index contributed by atoms with van der Waals surface area (Å²) in [5.74, 6) is 1.45. The summed E-state index contributed by atoms with van der Waals surface area (Å²) in [6.07, 6.45) is 2.00. The van der Waals surface area contributed by atoms with E-state index in [1.807, 2.05) is 6.92 Å². The van der Waals surface area contributed by atoms with Gasteiger partial charge in [-0.25, -0.2) is 0 Å². The Morgan fingerprint density at radius 1 is 1.26 bits per heavy atom. The molecule has 0 bridgehead atoms. The van der Waals surface area contributed by atoms with Gasteiger partial charge in [-0.05, 0) is 38.7 Å². The normalized spacial score (nSPS) is 12.0. The van der Waals surface area contributed by atoms with E-state index < -0.39 is 0 Å². The van der Waals surface area contributed by atoms with Crippen LogP contribution in [0.15, 0.2) is 11.1 Å². The molecule has 0 spiro atoms. The van der Waals surface area contributed by atoms with E-state index in [9.17, 15) is 0 Å². The van der Waals surface area contributed by atoms with Gasteiger partial charge < -0.3 is 15.4 Å². The Labute approximate surface area is 140 Å². The molecule has 132 valence electrons. The first-order chi connectivity index (χ1) is 11.0. The lowest BCUT2D eigenvalue weighted by molar-refractivity contribution is 0.108. The van der Waals surface area contributed by atoms with Gasteiger partial charge >= 0.3 is 0 Å². The molecule has 0 amide bonds. The second-order valence-corrected chi connectivity index (χ2v) is 6.25. The van der Waals surface area contributed by atoms with E-state index in [0.29, 0.717) is 5.92 Å². The Bertz CT molecular complexity index is 468. The molecular formula is C17H33N5O. The maximum absolute atomic E-state index is 5.56. The van der Waals surface area contributed by atoms with Crippen molar-refractivity contribution in [3.8, 4) is 0 Å². The van der Waals surface area contributed by atoms with Crippen molar-refractivity contribution in [2.24, 2.45) is 10.9 Å². The molecular weight excluding hydrogens is 290 g/mol. The largest absolute Gasteiger partial charge is 0.381 e. The third-order valence-electron chi connectivity index (χ3n) is 3.38. The van der Waals surface area contributed by atoms with Crippen molar-refractivity contribution in [3.05, 3.63) is 17.5 Å². The first-order valence-electron chi connectivity index (χ1n) is 8.56. The van der Waals surface area contributed by atoms with E-state index >= 15 is 0 Å². The highest BCUT2D eigenvalue weighted by Gasteiger charge is 2.01. The molecule has 0 fully saturated rings. The van der Waals surface area contributed by atoms with E-state index in [1.165, 1.54) is 5.69 Å². The van der Waals surface area contributed by atoms with Gasteiger partial charge in [0.1, 0.15) is 0 Å². The number of hydrogen-bond acceptors (Lipinski definition) is 3. The van der Waals surface area contributed by atoms with Crippen LogP contribution in [-0.4, -0.2) is 49.1 Å². The van der Waals surface area contributed by atoms with Gasteiger partial charge in [0.2, 0.25) is 0 Å². The van der Waals surface area contributed by atoms with E-state index in [-0.39, 0.29) is 0 Å². The zero-order valence-electron chi connectivity index (χ0n) is 15.4. The van der Waals surface area contributed by atoms with Crippen LogP contribution >= 0.6 is 0 Å². The molecule has 0 atom stereocenters. The summed E-state index contributed by atoms with van der Waals surface area (Å²) in [5, 5.41) is 11.1. The van der Waals surface area contributed by atoms with Crippen molar-refractivity contribution in [1.29, 1.82) is 0 Å². The summed E-state index contributed by atoms with van der Waals surface area (Å²) in [7, 11) is 1.80. The van der Waals surface area contributed by atoms with E-state index in [4.69, 9.17) is 4.74 Å². The second-order valence-electron chi connectivity index (χ2n) is 6.25. The maximum atomic E-state index is 5.56. The Morgan fingerprint density at radius 3 is 2.52 bits per heavy atom. The molecule has 1 heterocycles. The zero-order chi connectivity index (χ0) is 17.1. The number of ether oxygens (including phenoxy) is 1. The minimum absolute atomic E-state index is 0.597. The number of nitrogens with zero attached hydrogens (tertiary/aromatic N) is 3. The molecule has 1 aromatic heterocycles. The van der Waals surface area contributed by atoms with E-state index in [2.05, 4.69) is 52.2 Å². The molecule has 0 saturated carbocycles. The topological polar surface area (TPSA) is 63.5 Å². The number of aromatic nitrogens is 2. The lowest BCUT2D eigenvalue weighted by atomic mass is 10.2. The molecule has 6 nitrogen and oxygen atoms in total. The van der Waals surface area contributed by atoms with Gasteiger partial charge in [-0.2, -0.15) is 5.10 Å². The van der Waals surface area contributed by atoms with Crippen LogP contribution in [0.1, 0.15) is 38.1 Å². The lowest BCUT2D eigenvalue weighted by Gasteiger charge is -2.12. The number of aryl methyl sites for hydroxylation is 3. The molecule has 1 rings (SSSR count). The third kappa shape index (κ3) is 8.59. The molecule has 0 unspecified atom stereocenters. The van der Waals surface area contributed by atoms with Gasteiger partial charge in [-0.15, -0.1) is 0 Å². The van der Waals surface area contributed by atoms with E-state index in [1.54, 1.807) is 7.05 Å². The van der Waals surface area contributed by atoms with Crippen LogP contribution in [0.4, 0.5) is 0 Å². The quantitative estimate of drug-likeness (QED) is 0.393. The Hall–Kier alpha value is -1.56. The smallest absolute Gasteiger partial charge is 0.190 e. The fraction of sp³-hybridized carbons (Fsp3) is 0.765. The van der Waals surface area contributed by atoms with E-state index in [0.717, 1.165) is 57.3 Å². The second kappa shape index (κ2) is 11.0. The minimum atomic E-state index is 0.597. The summed E-state index contributed by atoms with van der Waals surface area (Å²) in [4.78, 5) is 4.23. The van der Waals surface area contributed by atoms with Crippen LogP contribution in [-0.2, 0) is 11.3 Å². The number of nitrogens with one attached hydrogen (secondary N) is 2. The molecule has 23 heavy (non-hydrogen) atoms. The highest BCUT2D eigenvalue weighted by molar-refractivity contribution is 5.79. The first-order valence-corrected chi connectivity index (χ1v) is 8.56. The van der Waals surface area contributed by atoms with Crippen molar-refractivity contribution in [1.82, 2.24) is 20.4 Å². The average molecular weight is 323 g/mol. The van der Waals surface area contributed by atoms with Crippen molar-refractivity contribution in [3.63, 3.8) is 0 Å². The van der Waals surface area contributed by atoms with Crippen LogP contribution in [0.25, 0.3) is 0 Å². The summed E-state index contributed by atoms with van der Waals surface area (Å²) in [6, 6.07) is 2.11. The summed E-state index contributed by atoms with van der Waals surface area (Å²) >= 11 is 0. The SMILES string of the molecule is CN=C(NCCCOCC(C)C)NCCCn1nc(C)cc1C. The fourth-order valence-corrected chi connectivity index (χ4v) is 2.26. The molecule has 0 aliphatic rings. The van der Waals surface area contributed by atoms with Crippen molar-refractivity contribution >= 4 is 5.96 Å². The first kappa shape index (κ1) is 19.5. The monoisotopic (exact) mass is 323 g/mol. The van der Waals surface area contributed by atoms with Gasteiger partial charge in [-0.1, -0.05) is 13.8 Å². The highest BCUT2D eigenvalue weighted by Crippen LogP contribution is 2.02. The summed E-state index contributed by atoms with van der Waals surface area (Å²) < 4.78 is 7.62. The zero-order valence-corrected chi connectivity index (χ0v) is 15.4. The lowest BCUT2D eigenvalue weighted by Crippen LogP contribution is -2.38. The third-order valence-corrected chi connectivity index (χ3v) is 3.38. The van der Waals surface area contributed by atoms with Crippen molar-refractivity contribution in [2.75, 3.05) is 33.4 Å². The maximum Gasteiger partial charge on any atom is 0.190 e. The van der Waals surface area contributed by atoms with Gasteiger partial charge in [0.25, 0.3) is 0 Å². The van der Waals surface area contributed by atoms with Crippen LogP contribution in [0.3, 0.4) is 0 Å². The molecule has 0 aliphatic heterocycles. The van der Waals surface area contributed by atoms with Crippen LogP contribution < -0.4 is 10.6 Å². The molecule has 1 aromatic rings. The minimum Gasteiger partial charge on any atom is -0.381 e. The highest BCUT2D eigenvalue weighted by atomic mass is 16.5. The number of hydrogen-bond donors (Lipinski definition) is 2. The van der Waals surface area contributed by atoms with Gasteiger partial charge in [0, 0.05) is 45.6 Å². The average Bonchev–Trinajstić information content (AvgIpc) is 2.82. The van der Waals surface area contributed by atoms with Crippen molar-refractivity contribution < 1.29 is 4.74 Å². The molecule has 0 radical (unpaired) electrons. The number of rotatable bonds is 10. The predicted molar refractivity (Wildman–Crippen MR) is 96.0 cm³/mol.